The third-order valence-electron chi connectivity index (χ3n) is 4.46. The van der Waals surface area contributed by atoms with E-state index in [9.17, 15) is 9.59 Å². The van der Waals surface area contributed by atoms with E-state index in [0.29, 0.717) is 42.0 Å². The lowest BCUT2D eigenvalue weighted by atomic mass is 10.2. The van der Waals surface area contributed by atoms with E-state index in [0.717, 1.165) is 5.69 Å². The number of amides is 1. The van der Waals surface area contributed by atoms with Crippen molar-refractivity contribution >= 4 is 17.6 Å². The molecule has 0 bridgehead atoms. The molecular formula is C22H31N3O5. The highest BCUT2D eigenvalue weighted by atomic mass is 16.5. The second-order valence-electron chi connectivity index (χ2n) is 7.51. The van der Waals surface area contributed by atoms with Crippen LogP contribution in [-0.2, 0) is 16.6 Å². The number of hydrogen-bond donors (Lipinski definition) is 1. The largest absolute Gasteiger partial charge is 0.490 e. The topological polar surface area (TPSA) is 91.7 Å². The molecule has 1 aromatic heterocycles. The molecule has 0 radical (unpaired) electrons. The fourth-order valence-electron chi connectivity index (χ4n) is 2.74. The van der Waals surface area contributed by atoms with E-state index in [2.05, 4.69) is 10.4 Å². The number of nitrogens with one attached hydrogen (secondary N) is 1. The van der Waals surface area contributed by atoms with Crippen LogP contribution in [0.15, 0.2) is 18.2 Å². The van der Waals surface area contributed by atoms with Crippen molar-refractivity contribution < 1.29 is 23.8 Å². The Balaban J connectivity index is 2.08. The Morgan fingerprint density at radius 3 is 2.40 bits per heavy atom. The van der Waals surface area contributed by atoms with Crippen LogP contribution in [0, 0.1) is 19.8 Å². The van der Waals surface area contributed by atoms with Gasteiger partial charge in [0, 0.05) is 7.05 Å². The lowest BCUT2D eigenvalue weighted by molar-refractivity contribution is -0.123. The fraction of sp³-hybridized carbons (Fsp3) is 0.500. The summed E-state index contributed by atoms with van der Waals surface area (Å²) < 4.78 is 18.4. The Hall–Kier alpha value is -3.03. The molecule has 0 aliphatic rings. The first kappa shape index (κ1) is 23.3. The molecule has 30 heavy (non-hydrogen) atoms. The molecule has 0 saturated heterocycles. The number of carbonyl (C=O) groups excluding carboxylic acids is 2. The van der Waals surface area contributed by atoms with Crippen molar-refractivity contribution in [3.8, 4) is 11.5 Å². The van der Waals surface area contributed by atoms with Gasteiger partial charge in [0.25, 0.3) is 5.91 Å². The third kappa shape index (κ3) is 5.75. The molecule has 8 heteroatoms. The monoisotopic (exact) mass is 417 g/mol. The average Bonchev–Trinajstić information content (AvgIpc) is 2.92. The smallest absolute Gasteiger partial charge is 0.339 e. The Kier molecular flexibility index (Phi) is 7.86. The minimum absolute atomic E-state index is 0.281. The number of carbonyl (C=O) groups is 2. The molecule has 1 heterocycles. The number of nitrogens with zero attached hydrogens (tertiary/aromatic N) is 2. The van der Waals surface area contributed by atoms with E-state index in [-0.39, 0.29) is 5.56 Å². The maximum atomic E-state index is 12.6. The van der Waals surface area contributed by atoms with Crippen molar-refractivity contribution in [1.29, 1.82) is 0 Å². The quantitative estimate of drug-likeness (QED) is 0.626. The van der Waals surface area contributed by atoms with Crippen LogP contribution in [-0.4, -0.2) is 41.0 Å². The number of esters is 1. The molecule has 0 spiro atoms. The van der Waals surface area contributed by atoms with E-state index in [1.54, 1.807) is 36.9 Å². The summed E-state index contributed by atoms with van der Waals surface area (Å²) >= 11 is 0. The van der Waals surface area contributed by atoms with E-state index < -0.39 is 18.0 Å². The maximum Gasteiger partial charge on any atom is 0.339 e. The Morgan fingerprint density at radius 1 is 1.13 bits per heavy atom. The molecule has 1 atom stereocenters. The molecule has 0 aliphatic carbocycles. The zero-order valence-electron chi connectivity index (χ0n) is 18.7. The molecule has 164 valence electrons. The van der Waals surface area contributed by atoms with Gasteiger partial charge in [-0.2, -0.15) is 5.10 Å². The molecule has 0 saturated carbocycles. The molecule has 2 rings (SSSR count). The van der Waals surface area contributed by atoms with E-state index in [4.69, 9.17) is 14.2 Å². The van der Waals surface area contributed by atoms with Crippen LogP contribution in [0.5, 0.6) is 11.5 Å². The number of aromatic nitrogens is 2. The molecule has 8 nitrogen and oxygen atoms in total. The number of aryl methyl sites for hydroxylation is 2. The van der Waals surface area contributed by atoms with Crippen LogP contribution < -0.4 is 14.8 Å². The number of anilines is 1. The lowest BCUT2D eigenvalue weighted by Gasteiger charge is -2.16. The molecule has 1 amide bonds. The number of hydrogen-bond acceptors (Lipinski definition) is 6. The van der Waals surface area contributed by atoms with Gasteiger partial charge in [-0.1, -0.05) is 13.8 Å². The summed E-state index contributed by atoms with van der Waals surface area (Å²) in [6.45, 7) is 12.1. The van der Waals surface area contributed by atoms with Crippen LogP contribution in [0.25, 0.3) is 0 Å². The number of ether oxygens (including phenoxy) is 3. The summed E-state index contributed by atoms with van der Waals surface area (Å²) in [7, 11) is 1.80. The Labute approximate surface area is 177 Å². The van der Waals surface area contributed by atoms with Crippen LogP contribution in [0.3, 0.4) is 0 Å². The second kappa shape index (κ2) is 10.1. The zero-order valence-corrected chi connectivity index (χ0v) is 18.7. The maximum absolute atomic E-state index is 12.6. The Bertz CT molecular complexity index is 904. The third-order valence-corrected chi connectivity index (χ3v) is 4.46. The SMILES string of the molecule is CCOc1cc(C(=O)O[C@H](C)C(=O)Nc2c(C)nn(C)c2C)ccc1OCC(C)C. The number of rotatable bonds is 9. The predicted molar refractivity (Wildman–Crippen MR) is 114 cm³/mol. The van der Waals surface area contributed by atoms with Gasteiger partial charge in [0.15, 0.2) is 17.6 Å². The molecule has 1 N–H and O–H groups in total. The minimum Gasteiger partial charge on any atom is -0.490 e. The first-order chi connectivity index (χ1) is 14.1. The molecule has 0 fully saturated rings. The average molecular weight is 418 g/mol. The van der Waals surface area contributed by atoms with Crippen molar-refractivity contribution in [3.63, 3.8) is 0 Å². The molecule has 0 aliphatic heterocycles. The first-order valence-electron chi connectivity index (χ1n) is 10.1. The molecule has 2 aromatic rings. The van der Waals surface area contributed by atoms with E-state index in [1.807, 2.05) is 27.7 Å². The van der Waals surface area contributed by atoms with Crippen LogP contribution in [0.4, 0.5) is 5.69 Å². The summed E-state index contributed by atoms with van der Waals surface area (Å²) in [5.41, 5.74) is 2.41. The second-order valence-corrected chi connectivity index (χ2v) is 7.51. The van der Waals surface area contributed by atoms with Gasteiger partial charge in [0.2, 0.25) is 0 Å². The van der Waals surface area contributed by atoms with Gasteiger partial charge in [-0.15, -0.1) is 0 Å². The van der Waals surface area contributed by atoms with Gasteiger partial charge in [0.05, 0.1) is 35.9 Å². The van der Waals surface area contributed by atoms with E-state index in [1.165, 1.54) is 6.92 Å². The lowest BCUT2D eigenvalue weighted by Crippen LogP contribution is -2.30. The van der Waals surface area contributed by atoms with Crippen molar-refractivity contribution in [2.45, 2.75) is 47.6 Å². The standard InChI is InChI=1S/C22H31N3O5/c1-8-28-19-11-17(9-10-18(19)29-12-13(2)3)22(27)30-16(6)21(26)23-20-14(4)24-25(7)15(20)5/h9-11,13,16H,8,12H2,1-7H3,(H,23,26)/t16-/m1/s1. The first-order valence-corrected chi connectivity index (χ1v) is 10.1. The van der Waals surface area contributed by atoms with Gasteiger partial charge in [-0.25, -0.2) is 4.79 Å². The van der Waals surface area contributed by atoms with Crippen molar-refractivity contribution in [1.82, 2.24) is 9.78 Å². The molecular weight excluding hydrogens is 386 g/mol. The van der Waals surface area contributed by atoms with Crippen LogP contribution in [0.2, 0.25) is 0 Å². The zero-order chi connectivity index (χ0) is 22.4. The van der Waals surface area contributed by atoms with Gasteiger partial charge in [-0.05, 0) is 51.8 Å². The number of benzene rings is 1. The summed E-state index contributed by atoms with van der Waals surface area (Å²) in [6, 6.07) is 4.85. The van der Waals surface area contributed by atoms with Crippen LogP contribution in [0.1, 0.15) is 49.4 Å². The minimum atomic E-state index is -0.982. The van der Waals surface area contributed by atoms with Gasteiger partial charge in [-0.3, -0.25) is 9.48 Å². The van der Waals surface area contributed by atoms with Crippen molar-refractivity contribution in [2.24, 2.45) is 13.0 Å². The van der Waals surface area contributed by atoms with Gasteiger partial charge < -0.3 is 19.5 Å². The fourth-order valence-corrected chi connectivity index (χ4v) is 2.74. The summed E-state index contributed by atoms with van der Waals surface area (Å²) in [5, 5.41) is 7.04. The highest BCUT2D eigenvalue weighted by molar-refractivity contribution is 5.98. The van der Waals surface area contributed by atoms with E-state index >= 15 is 0 Å². The van der Waals surface area contributed by atoms with Crippen molar-refractivity contribution in [2.75, 3.05) is 18.5 Å². The highest BCUT2D eigenvalue weighted by Gasteiger charge is 2.22. The predicted octanol–water partition coefficient (Wildman–Crippen LogP) is 3.65. The van der Waals surface area contributed by atoms with Gasteiger partial charge in [0.1, 0.15) is 0 Å². The molecule has 1 aromatic carbocycles. The summed E-state index contributed by atoms with van der Waals surface area (Å²) in [4.78, 5) is 25.1. The summed E-state index contributed by atoms with van der Waals surface area (Å²) in [5.74, 6) is 0.343. The van der Waals surface area contributed by atoms with Crippen molar-refractivity contribution in [3.05, 3.63) is 35.2 Å². The summed E-state index contributed by atoms with van der Waals surface area (Å²) in [6.07, 6.45) is -0.982. The Morgan fingerprint density at radius 2 is 1.83 bits per heavy atom. The van der Waals surface area contributed by atoms with Crippen LogP contribution >= 0.6 is 0 Å². The normalized spacial score (nSPS) is 11.9. The van der Waals surface area contributed by atoms with Gasteiger partial charge >= 0.3 is 5.97 Å². The highest BCUT2D eigenvalue weighted by Crippen LogP contribution is 2.29. The molecule has 0 unspecified atom stereocenters.